The Morgan fingerprint density at radius 2 is 1.68 bits per heavy atom. The van der Waals surface area contributed by atoms with Crippen LogP contribution in [0.15, 0.2) is 30.3 Å². The quantitative estimate of drug-likeness (QED) is 0.845. The highest BCUT2D eigenvalue weighted by atomic mass is 19.4. The molecule has 4 nitrogen and oxygen atoms in total. The molecule has 0 aromatic heterocycles. The third-order valence-corrected chi connectivity index (χ3v) is 2.97. The Hall–Kier alpha value is -1.60. The largest absolute Gasteiger partial charge is 0.490 e. The van der Waals surface area contributed by atoms with Gasteiger partial charge in [0.25, 0.3) is 0 Å². The summed E-state index contributed by atoms with van der Waals surface area (Å²) in [6.07, 6.45) is -4.11. The number of hydrogen-bond acceptors (Lipinski definition) is 3. The molecule has 0 bridgehead atoms. The van der Waals surface area contributed by atoms with Crippen molar-refractivity contribution in [2.24, 2.45) is 5.73 Å². The van der Waals surface area contributed by atoms with Crippen LogP contribution in [-0.2, 0) is 11.2 Å². The second-order valence-corrected chi connectivity index (χ2v) is 4.74. The lowest BCUT2D eigenvalue weighted by atomic mass is 10.1. The molecule has 7 heteroatoms. The molecule has 0 spiro atoms. The SMILES string of the molecule is CCN(CC)C[C@@H](N)Cc1ccccc1.O=C(O)C(F)(F)F. The van der Waals surface area contributed by atoms with Gasteiger partial charge in [0.1, 0.15) is 0 Å². The Morgan fingerprint density at radius 3 is 2.05 bits per heavy atom. The molecule has 0 aliphatic rings. The number of rotatable bonds is 6. The molecule has 1 aromatic rings. The molecule has 0 saturated heterocycles. The lowest BCUT2D eigenvalue weighted by Crippen LogP contribution is -2.38. The Kier molecular flexibility index (Phi) is 9.44. The van der Waals surface area contributed by atoms with Crippen molar-refractivity contribution in [3.05, 3.63) is 35.9 Å². The number of halogens is 3. The number of nitrogens with zero attached hydrogens (tertiary/aromatic N) is 1. The molecule has 0 aliphatic heterocycles. The zero-order valence-electron chi connectivity index (χ0n) is 12.8. The van der Waals surface area contributed by atoms with E-state index in [1.165, 1.54) is 5.56 Å². The molecular formula is C15H23F3N2O2. The number of carboxylic acids is 1. The smallest absolute Gasteiger partial charge is 0.475 e. The number of nitrogens with two attached hydrogens (primary N) is 1. The van der Waals surface area contributed by atoms with Gasteiger partial charge < -0.3 is 15.7 Å². The van der Waals surface area contributed by atoms with Gasteiger partial charge in [-0.05, 0) is 25.1 Å². The van der Waals surface area contributed by atoms with Crippen LogP contribution in [-0.4, -0.2) is 47.8 Å². The summed E-state index contributed by atoms with van der Waals surface area (Å²) in [6.45, 7) is 7.51. The van der Waals surface area contributed by atoms with E-state index in [1.807, 2.05) is 6.07 Å². The molecule has 1 aromatic carbocycles. The van der Waals surface area contributed by atoms with Crippen molar-refractivity contribution >= 4 is 5.97 Å². The second kappa shape index (κ2) is 10.2. The molecule has 3 N–H and O–H groups in total. The summed E-state index contributed by atoms with van der Waals surface area (Å²) in [5, 5.41) is 7.12. The van der Waals surface area contributed by atoms with Gasteiger partial charge in [-0.1, -0.05) is 44.2 Å². The Balaban J connectivity index is 0.000000534. The van der Waals surface area contributed by atoms with Crippen molar-refractivity contribution in [2.45, 2.75) is 32.5 Å². The number of alkyl halides is 3. The van der Waals surface area contributed by atoms with Crippen LogP contribution >= 0.6 is 0 Å². The molecule has 0 saturated carbocycles. The van der Waals surface area contributed by atoms with Gasteiger partial charge in [-0.25, -0.2) is 4.79 Å². The number of carbonyl (C=O) groups is 1. The normalized spacial score (nSPS) is 12.5. The summed E-state index contributed by atoms with van der Waals surface area (Å²) < 4.78 is 31.7. The maximum Gasteiger partial charge on any atom is 0.490 e. The lowest BCUT2D eigenvalue weighted by Gasteiger charge is -2.22. The van der Waals surface area contributed by atoms with Gasteiger partial charge in [0.05, 0.1) is 0 Å². The van der Waals surface area contributed by atoms with E-state index in [1.54, 1.807) is 0 Å². The summed E-state index contributed by atoms with van der Waals surface area (Å²) in [5.74, 6) is -2.76. The van der Waals surface area contributed by atoms with Gasteiger partial charge in [0.2, 0.25) is 0 Å². The third-order valence-electron chi connectivity index (χ3n) is 2.97. The number of likely N-dealkylation sites (N-methyl/N-ethyl adjacent to an activating group) is 1. The Morgan fingerprint density at radius 1 is 1.23 bits per heavy atom. The average molecular weight is 320 g/mol. The van der Waals surface area contributed by atoms with Crippen molar-refractivity contribution in [1.29, 1.82) is 0 Å². The highest BCUT2D eigenvalue weighted by Gasteiger charge is 2.38. The molecule has 1 atom stereocenters. The summed E-state index contributed by atoms with van der Waals surface area (Å²) in [7, 11) is 0. The topological polar surface area (TPSA) is 66.6 Å². The summed E-state index contributed by atoms with van der Waals surface area (Å²) >= 11 is 0. The molecule has 0 radical (unpaired) electrons. The first-order valence-corrected chi connectivity index (χ1v) is 7.02. The van der Waals surface area contributed by atoms with E-state index in [4.69, 9.17) is 15.6 Å². The van der Waals surface area contributed by atoms with E-state index in [2.05, 4.69) is 43.0 Å². The second-order valence-electron chi connectivity index (χ2n) is 4.74. The number of carboxylic acid groups (broad SMARTS) is 1. The van der Waals surface area contributed by atoms with Crippen LogP contribution < -0.4 is 5.73 Å². The van der Waals surface area contributed by atoms with Gasteiger partial charge in [-0.3, -0.25) is 0 Å². The molecule has 0 fully saturated rings. The number of aliphatic carboxylic acids is 1. The van der Waals surface area contributed by atoms with Crippen LogP contribution in [0.5, 0.6) is 0 Å². The standard InChI is InChI=1S/C13H22N2.C2HF3O2/c1-3-15(4-2)11-13(14)10-12-8-6-5-7-9-12;3-2(4,5)1(6)7/h5-9,13H,3-4,10-11,14H2,1-2H3;(H,6,7)/t13-;/m0./s1. The van der Waals surface area contributed by atoms with Crippen molar-refractivity contribution in [1.82, 2.24) is 4.90 Å². The minimum absolute atomic E-state index is 0.243. The van der Waals surface area contributed by atoms with E-state index >= 15 is 0 Å². The van der Waals surface area contributed by atoms with Gasteiger partial charge in [-0.15, -0.1) is 0 Å². The summed E-state index contributed by atoms with van der Waals surface area (Å²) in [6, 6.07) is 10.7. The molecule has 22 heavy (non-hydrogen) atoms. The Bertz CT molecular complexity index is 421. The van der Waals surface area contributed by atoms with Crippen LogP contribution in [0.2, 0.25) is 0 Å². The summed E-state index contributed by atoms with van der Waals surface area (Å²) in [5.41, 5.74) is 7.45. The van der Waals surface area contributed by atoms with Crippen molar-refractivity contribution in [3.63, 3.8) is 0 Å². The fourth-order valence-corrected chi connectivity index (χ4v) is 1.79. The van der Waals surface area contributed by atoms with Crippen molar-refractivity contribution in [2.75, 3.05) is 19.6 Å². The van der Waals surface area contributed by atoms with Crippen LogP contribution in [0, 0.1) is 0 Å². The monoisotopic (exact) mass is 320 g/mol. The third kappa shape index (κ3) is 9.36. The Labute approximate surface area is 128 Å². The maximum atomic E-state index is 10.6. The van der Waals surface area contributed by atoms with Gasteiger partial charge in [0, 0.05) is 12.6 Å². The van der Waals surface area contributed by atoms with Gasteiger partial charge in [0.15, 0.2) is 0 Å². The zero-order valence-corrected chi connectivity index (χ0v) is 12.8. The molecule has 0 unspecified atom stereocenters. The molecule has 0 amide bonds. The number of hydrogen-bond donors (Lipinski definition) is 2. The van der Waals surface area contributed by atoms with Crippen LogP contribution in [0.1, 0.15) is 19.4 Å². The van der Waals surface area contributed by atoms with Gasteiger partial charge >= 0.3 is 12.1 Å². The van der Waals surface area contributed by atoms with Crippen LogP contribution in [0.4, 0.5) is 13.2 Å². The molecule has 1 rings (SSSR count). The van der Waals surface area contributed by atoms with E-state index < -0.39 is 12.1 Å². The maximum absolute atomic E-state index is 10.6. The molecule has 0 heterocycles. The highest BCUT2D eigenvalue weighted by molar-refractivity contribution is 5.73. The predicted molar refractivity (Wildman–Crippen MR) is 79.6 cm³/mol. The minimum Gasteiger partial charge on any atom is -0.475 e. The first kappa shape index (κ1) is 20.4. The summed E-state index contributed by atoms with van der Waals surface area (Å²) in [4.78, 5) is 11.3. The van der Waals surface area contributed by atoms with E-state index in [9.17, 15) is 13.2 Å². The van der Waals surface area contributed by atoms with Crippen LogP contribution in [0.25, 0.3) is 0 Å². The average Bonchev–Trinajstić information content (AvgIpc) is 2.45. The predicted octanol–water partition coefficient (Wildman–Crippen LogP) is 2.53. The fourth-order valence-electron chi connectivity index (χ4n) is 1.79. The van der Waals surface area contributed by atoms with Gasteiger partial charge in [-0.2, -0.15) is 13.2 Å². The van der Waals surface area contributed by atoms with Crippen LogP contribution in [0.3, 0.4) is 0 Å². The van der Waals surface area contributed by atoms with E-state index in [0.29, 0.717) is 0 Å². The molecule has 126 valence electrons. The molecular weight excluding hydrogens is 297 g/mol. The highest BCUT2D eigenvalue weighted by Crippen LogP contribution is 2.13. The minimum atomic E-state index is -5.08. The number of benzene rings is 1. The molecule has 0 aliphatic carbocycles. The van der Waals surface area contributed by atoms with E-state index in [-0.39, 0.29) is 6.04 Å². The first-order chi connectivity index (χ1) is 10.2. The zero-order chi connectivity index (χ0) is 17.2. The first-order valence-electron chi connectivity index (χ1n) is 7.02. The fraction of sp³-hybridized carbons (Fsp3) is 0.533. The lowest BCUT2D eigenvalue weighted by molar-refractivity contribution is -0.192. The van der Waals surface area contributed by atoms with E-state index in [0.717, 1.165) is 26.1 Å². The van der Waals surface area contributed by atoms with Crippen molar-refractivity contribution in [3.8, 4) is 0 Å². The van der Waals surface area contributed by atoms with Crippen molar-refractivity contribution < 1.29 is 23.1 Å².